The fraction of sp³-hybridized carbons (Fsp3) is 0.500. The third-order valence-corrected chi connectivity index (χ3v) is 3.74. The minimum absolute atomic E-state index is 0.981. The summed E-state index contributed by atoms with van der Waals surface area (Å²) >= 11 is 1.76. The van der Waals surface area contributed by atoms with E-state index in [1.54, 1.807) is 17.7 Å². The Kier molecular flexibility index (Phi) is 3.72. The number of hydrogen-bond donors (Lipinski definition) is 1. The highest BCUT2D eigenvalue weighted by Crippen LogP contribution is 2.28. The summed E-state index contributed by atoms with van der Waals surface area (Å²) in [6.45, 7) is 5.35. The van der Waals surface area contributed by atoms with Crippen LogP contribution >= 0.6 is 11.3 Å². The summed E-state index contributed by atoms with van der Waals surface area (Å²) < 4.78 is 0. The van der Waals surface area contributed by atoms with Crippen molar-refractivity contribution >= 4 is 27.4 Å². The lowest BCUT2D eigenvalue weighted by molar-refractivity contribution is 0.831. The lowest BCUT2D eigenvalue weighted by Crippen LogP contribution is -2.03. The molecule has 2 aromatic heterocycles. The fourth-order valence-corrected chi connectivity index (χ4v) is 2.54. The lowest BCUT2D eigenvalue weighted by Gasteiger charge is -2.04. The van der Waals surface area contributed by atoms with E-state index in [1.165, 1.54) is 23.1 Å². The van der Waals surface area contributed by atoms with Crippen LogP contribution in [0.5, 0.6) is 0 Å². The molecule has 0 spiro atoms. The van der Waals surface area contributed by atoms with E-state index in [4.69, 9.17) is 0 Å². The summed E-state index contributed by atoms with van der Waals surface area (Å²) in [6, 6.07) is 2.20. The summed E-state index contributed by atoms with van der Waals surface area (Å²) in [5.74, 6) is 0.981. The average molecular weight is 235 g/mol. The second kappa shape index (κ2) is 5.25. The van der Waals surface area contributed by atoms with Crippen LogP contribution in [0.25, 0.3) is 10.2 Å². The van der Waals surface area contributed by atoms with Crippen molar-refractivity contribution in [3.63, 3.8) is 0 Å². The van der Waals surface area contributed by atoms with Crippen LogP contribution < -0.4 is 5.32 Å². The van der Waals surface area contributed by atoms with Crippen LogP contribution in [0.4, 0.5) is 5.82 Å². The largest absolute Gasteiger partial charge is 0.369 e. The highest BCUT2D eigenvalue weighted by molar-refractivity contribution is 7.18. The Balaban J connectivity index is 2.26. The number of rotatable bonds is 5. The number of nitrogens with zero attached hydrogens (tertiary/aromatic N) is 2. The molecule has 16 heavy (non-hydrogen) atoms. The van der Waals surface area contributed by atoms with Crippen LogP contribution in [-0.2, 0) is 6.42 Å². The number of anilines is 1. The Morgan fingerprint density at radius 2 is 2.19 bits per heavy atom. The molecule has 0 aliphatic rings. The highest BCUT2D eigenvalue weighted by atomic mass is 32.1. The van der Waals surface area contributed by atoms with Crippen molar-refractivity contribution in [2.24, 2.45) is 0 Å². The molecule has 0 unspecified atom stereocenters. The number of thiophene rings is 1. The van der Waals surface area contributed by atoms with E-state index in [-0.39, 0.29) is 0 Å². The minimum atomic E-state index is 0.981. The topological polar surface area (TPSA) is 37.8 Å². The first kappa shape index (κ1) is 11.3. The summed E-state index contributed by atoms with van der Waals surface area (Å²) in [7, 11) is 0. The summed E-state index contributed by atoms with van der Waals surface area (Å²) in [6.07, 6.45) is 5.09. The van der Waals surface area contributed by atoms with Crippen molar-refractivity contribution in [2.45, 2.75) is 33.1 Å². The first-order valence-electron chi connectivity index (χ1n) is 5.82. The van der Waals surface area contributed by atoms with Gasteiger partial charge in [0.05, 0.1) is 5.39 Å². The number of aryl methyl sites for hydroxylation is 1. The van der Waals surface area contributed by atoms with E-state index in [0.29, 0.717) is 0 Å². The first-order chi connectivity index (χ1) is 7.85. The van der Waals surface area contributed by atoms with Crippen LogP contribution in [0.1, 0.15) is 31.6 Å². The van der Waals surface area contributed by atoms with Crippen molar-refractivity contribution < 1.29 is 0 Å². The van der Waals surface area contributed by atoms with E-state index in [9.17, 15) is 0 Å². The predicted molar refractivity (Wildman–Crippen MR) is 70.2 cm³/mol. The van der Waals surface area contributed by atoms with Gasteiger partial charge in [0.2, 0.25) is 0 Å². The van der Waals surface area contributed by atoms with Crippen molar-refractivity contribution in [3.8, 4) is 0 Å². The monoisotopic (exact) mass is 235 g/mol. The van der Waals surface area contributed by atoms with E-state index < -0.39 is 0 Å². The van der Waals surface area contributed by atoms with E-state index >= 15 is 0 Å². The third-order valence-electron chi connectivity index (χ3n) is 2.55. The second-order valence-corrected chi connectivity index (χ2v) is 4.90. The van der Waals surface area contributed by atoms with Gasteiger partial charge in [-0.15, -0.1) is 11.3 Å². The number of unbranched alkanes of at least 4 members (excludes halogenated alkanes) is 1. The minimum Gasteiger partial charge on any atom is -0.369 e. The van der Waals surface area contributed by atoms with Gasteiger partial charge in [-0.3, -0.25) is 0 Å². The standard InChI is InChI=1S/C12H17N3S/c1-3-5-6-13-11-10-7-9(4-2)16-12(10)15-8-14-11/h7-8H,3-6H2,1-2H3,(H,13,14,15). The van der Waals surface area contributed by atoms with Crippen LogP contribution in [0, 0.1) is 0 Å². The van der Waals surface area contributed by atoms with Gasteiger partial charge in [0.15, 0.2) is 0 Å². The van der Waals surface area contributed by atoms with Gasteiger partial charge in [-0.05, 0) is 18.9 Å². The number of fused-ring (bicyclic) bond motifs is 1. The molecule has 0 aliphatic heterocycles. The zero-order chi connectivity index (χ0) is 11.4. The number of nitrogens with one attached hydrogen (secondary N) is 1. The van der Waals surface area contributed by atoms with Gasteiger partial charge in [-0.1, -0.05) is 20.3 Å². The van der Waals surface area contributed by atoms with Gasteiger partial charge >= 0.3 is 0 Å². The van der Waals surface area contributed by atoms with E-state index in [0.717, 1.165) is 23.6 Å². The molecule has 0 radical (unpaired) electrons. The SMILES string of the molecule is CCCCNc1ncnc2sc(CC)cc12. The molecule has 3 nitrogen and oxygen atoms in total. The molecule has 0 atom stereocenters. The van der Waals surface area contributed by atoms with Gasteiger partial charge < -0.3 is 5.32 Å². The molecule has 0 fully saturated rings. The van der Waals surface area contributed by atoms with Gasteiger partial charge in [0.1, 0.15) is 17.0 Å². The van der Waals surface area contributed by atoms with Crippen LogP contribution in [-0.4, -0.2) is 16.5 Å². The Morgan fingerprint density at radius 3 is 2.94 bits per heavy atom. The van der Waals surface area contributed by atoms with Gasteiger partial charge in [-0.2, -0.15) is 0 Å². The maximum atomic E-state index is 4.31. The molecule has 2 heterocycles. The fourth-order valence-electron chi connectivity index (χ4n) is 1.60. The summed E-state index contributed by atoms with van der Waals surface area (Å²) in [5, 5.41) is 4.55. The van der Waals surface area contributed by atoms with Crippen molar-refractivity contribution in [1.29, 1.82) is 0 Å². The summed E-state index contributed by atoms with van der Waals surface area (Å²) in [4.78, 5) is 11.1. The summed E-state index contributed by atoms with van der Waals surface area (Å²) in [5.41, 5.74) is 0. The zero-order valence-corrected chi connectivity index (χ0v) is 10.6. The average Bonchev–Trinajstić information content (AvgIpc) is 2.73. The molecule has 86 valence electrons. The molecule has 2 rings (SSSR count). The quantitative estimate of drug-likeness (QED) is 0.806. The van der Waals surface area contributed by atoms with Crippen molar-refractivity contribution in [2.75, 3.05) is 11.9 Å². The molecule has 0 aromatic carbocycles. The maximum Gasteiger partial charge on any atom is 0.138 e. The maximum absolute atomic E-state index is 4.31. The Labute approximate surface area is 99.9 Å². The molecular weight excluding hydrogens is 218 g/mol. The number of hydrogen-bond acceptors (Lipinski definition) is 4. The van der Waals surface area contributed by atoms with Crippen molar-refractivity contribution in [3.05, 3.63) is 17.3 Å². The first-order valence-corrected chi connectivity index (χ1v) is 6.64. The molecular formula is C12H17N3S. The second-order valence-electron chi connectivity index (χ2n) is 3.79. The zero-order valence-electron chi connectivity index (χ0n) is 9.79. The van der Waals surface area contributed by atoms with Crippen LogP contribution in [0.2, 0.25) is 0 Å². The van der Waals surface area contributed by atoms with E-state index in [1.807, 2.05) is 0 Å². The van der Waals surface area contributed by atoms with Crippen LogP contribution in [0.15, 0.2) is 12.4 Å². The molecule has 0 aliphatic carbocycles. The molecule has 4 heteroatoms. The molecule has 2 aromatic rings. The molecule has 0 amide bonds. The molecule has 0 bridgehead atoms. The Bertz CT molecular complexity index is 464. The smallest absolute Gasteiger partial charge is 0.138 e. The highest BCUT2D eigenvalue weighted by Gasteiger charge is 2.06. The predicted octanol–water partition coefficient (Wildman–Crippen LogP) is 3.47. The molecule has 0 saturated carbocycles. The van der Waals surface area contributed by atoms with Crippen LogP contribution in [0.3, 0.4) is 0 Å². The molecule has 1 N–H and O–H groups in total. The molecule has 0 saturated heterocycles. The van der Waals surface area contributed by atoms with Gasteiger partial charge in [0, 0.05) is 11.4 Å². The number of aromatic nitrogens is 2. The van der Waals surface area contributed by atoms with Gasteiger partial charge in [-0.25, -0.2) is 9.97 Å². The normalized spacial score (nSPS) is 10.9. The van der Waals surface area contributed by atoms with Gasteiger partial charge in [0.25, 0.3) is 0 Å². The van der Waals surface area contributed by atoms with Crippen molar-refractivity contribution in [1.82, 2.24) is 9.97 Å². The Morgan fingerprint density at radius 1 is 1.31 bits per heavy atom. The Hall–Kier alpha value is -1.16. The van der Waals surface area contributed by atoms with E-state index in [2.05, 4.69) is 35.2 Å². The third kappa shape index (κ3) is 2.32. The lowest BCUT2D eigenvalue weighted by atomic mass is 10.3.